The molecule has 5 nitrogen and oxygen atoms in total. The average Bonchev–Trinajstić information content (AvgIpc) is 3.03. The van der Waals surface area contributed by atoms with E-state index in [2.05, 4.69) is 4.98 Å². The Labute approximate surface area is 144 Å². The minimum Gasteiger partial charge on any atom is -0.493 e. The summed E-state index contributed by atoms with van der Waals surface area (Å²) in [6.07, 6.45) is 4.31. The van der Waals surface area contributed by atoms with E-state index in [-0.39, 0.29) is 24.0 Å². The van der Waals surface area contributed by atoms with E-state index in [1.165, 1.54) is 35.4 Å². The zero-order valence-corrected chi connectivity index (χ0v) is 14.5. The molecule has 0 N–H and O–H groups in total. The highest BCUT2D eigenvalue weighted by Gasteiger charge is 2.21. The summed E-state index contributed by atoms with van der Waals surface area (Å²) in [5.74, 6) is -0.642. The summed E-state index contributed by atoms with van der Waals surface area (Å²) in [4.78, 5) is 19.6. The third kappa shape index (κ3) is 3.36. The van der Waals surface area contributed by atoms with Crippen molar-refractivity contribution in [2.45, 2.75) is 25.7 Å². The third-order valence-electron chi connectivity index (χ3n) is 3.99. The van der Waals surface area contributed by atoms with Gasteiger partial charge in [0.25, 0.3) is 5.91 Å². The van der Waals surface area contributed by atoms with Gasteiger partial charge < -0.3 is 9.47 Å². The highest BCUT2D eigenvalue weighted by atomic mass is 32.1. The number of anilines is 1. The van der Waals surface area contributed by atoms with Crippen molar-refractivity contribution < 1.29 is 18.7 Å². The van der Waals surface area contributed by atoms with Crippen molar-refractivity contribution >= 4 is 22.4 Å². The molecular weight excluding hydrogens is 331 g/mol. The van der Waals surface area contributed by atoms with Crippen molar-refractivity contribution in [2.24, 2.45) is 0 Å². The molecule has 0 saturated carbocycles. The molecule has 2 aromatic rings. The summed E-state index contributed by atoms with van der Waals surface area (Å²) in [6.45, 7) is -0.280. The maximum absolute atomic E-state index is 13.8. The van der Waals surface area contributed by atoms with Crippen LogP contribution in [0.25, 0.3) is 0 Å². The van der Waals surface area contributed by atoms with Gasteiger partial charge in [0, 0.05) is 11.9 Å². The summed E-state index contributed by atoms with van der Waals surface area (Å²) in [6, 6.07) is 4.37. The number of aryl methyl sites for hydroxylation is 2. The number of rotatable bonds is 5. The number of halogens is 1. The molecule has 0 aliphatic heterocycles. The van der Waals surface area contributed by atoms with E-state index in [9.17, 15) is 9.18 Å². The Kier molecular flexibility index (Phi) is 4.99. The van der Waals surface area contributed by atoms with E-state index in [1.807, 2.05) is 0 Å². The van der Waals surface area contributed by atoms with Crippen LogP contribution in [-0.2, 0) is 17.6 Å². The van der Waals surface area contributed by atoms with Crippen LogP contribution in [0.1, 0.15) is 23.4 Å². The van der Waals surface area contributed by atoms with Crippen LogP contribution in [0, 0.1) is 5.82 Å². The zero-order chi connectivity index (χ0) is 17.1. The van der Waals surface area contributed by atoms with E-state index in [4.69, 9.17) is 9.47 Å². The molecule has 0 fully saturated rings. The van der Waals surface area contributed by atoms with Gasteiger partial charge in [0.05, 0.1) is 12.8 Å². The molecule has 0 spiro atoms. The van der Waals surface area contributed by atoms with E-state index in [0.717, 1.165) is 25.0 Å². The van der Waals surface area contributed by atoms with Gasteiger partial charge in [-0.2, -0.15) is 0 Å². The van der Waals surface area contributed by atoms with Gasteiger partial charge in [0.2, 0.25) is 0 Å². The highest BCUT2D eigenvalue weighted by Crippen LogP contribution is 2.32. The van der Waals surface area contributed by atoms with E-state index < -0.39 is 5.82 Å². The van der Waals surface area contributed by atoms with Crippen molar-refractivity contribution in [3.63, 3.8) is 0 Å². The van der Waals surface area contributed by atoms with Crippen LogP contribution in [0.4, 0.5) is 9.52 Å². The molecule has 7 heteroatoms. The lowest BCUT2D eigenvalue weighted by molar-refractivity contribution is -0.120. The molecule has 128 valence electrons. The van der Waals surface area contributed by atoms with Crippen LogP contribution in [0.15, 0.2) is 18.2 Å². The number of para-hydroxylation sites is 1. The first-order valence-corrected chi connectivity index (χ1v) is 8.62. The molecule has 3 rings (SSSR count). The lowest BCUT2D eigenvalue weighted by Gasteiger charge is -2.15. The monoisotopic (exact) mass is 350 g/mol. The maximum Gasteiger partial charge on any atom is 0.266 e. The summed E-state index contributed by atoms with van der Waals surface area (Å²) >= 11 is 1.54. The number of carbonyl (C=O) groups excluding carboxylic acids is 1. The molecule has 1 aliphatic rings. The summed E-state index contributed by atoms with van der Waals surface area (Å²) in [7, 11) is 3.09. The molecular formula is C17H19FN2O3S. The summed E-state index contributed by atoms with van der Waals surface area (Å²) in [5, 5.41) is 0.663. The number of hydrogen-bond acceptors (Lipinski definition) is 5. The Morgan fingerprint density at radius 2 is 2.17 bits per heavy atom. The van der Waals surface area contributed by atoms with Crippen molar-refractivity contribution in [1.82, 2.24) is 4.98 Å². The number of aromatic nitrogens is 1. The molecule has 0 saturated heterocycles. The first kappa shape index (κ1) is 16.7. The quantitative estimate of drug-likeness (QED) is 0.831. The van der Waals surface area contributed by atoms with Gasteiger partial charge in [-0.25, -0.2) is 9.37 Å². The smallest absolute Gasteiger partial charge is 0.266 e. The Bertz CT molecular complexity index is 724. The number of benzene rings is 1. The number of thiazole rings is 1. The molecule has 1 aromatic heterocycles. The summed E-state index contributed by atoms with van der Waals surface area (Å²) < 4.78 is 24.2. The number of carbonyl (C=O) groups is 1. The number of methoxy groups -OCH3 is 1. The normalized spacial score (nSPS) is 13.3. The van der Waals surface area contributed by atoms with E-state index in [0.29, 0.717) is 5.13 Å². The van der Waals surface area contributed by atoms with Gasteiger partial charge >= 0.3 is 0 Å². The van der Waals surface area contributed by atoms with Gasteiger partial charge in [-0.15, -0.1) is 11.3 Å². The van der Waals surface area contributed by atoms with Crippen molar-refractivity contribution in [3.8, 4) is 11.5 Å². The van der Waals surface area contributed by atoms with Gasteiger partial charge in [0.15, 0.2) is 29.1 Å². The fraction of sp³-hybridized carbons (Fsp3) is 0.412. The number of fused-ring (bicyclic) bond motifs is 1. The minimum absolute atomic E-state index is 0.0554. The second kappa shape index (κ2) is 7.17. The second-order valence-corrected chi connectivity index (χ2v) is 6.65. The van der Waals surface area contributed by atoms with Crippen LogP contribution in [0.2, 0.25) is 0 Å². The molecule has 1 aromatic carbocycles. The second-order valence-electron chi connectivity index (χ2n) is 5.59. The Morgan fingerprint density at radius 1 is 1.38 bits per heavy atom. The predicted octanol–water partition coefficient (Wildman–Crippen LogP) is 3.21. The largest absolute Gasteiger partial charge is 0.493 e. The fourth-order valence-electron chi connectivity index (χ4n) is 2.61. The zero-order valence-electron chi connectivity index (χ0n) is 13.7. The van der Waals surface area contributed by atoms with Crippen molar-refractivity contribution in [2.75, 3.05) is 25.7 Å². The van der Waals surface area contributed by atoms with Crippen molar-refractivity contribution in [1.29, 1.82) is 0 Å². The number of ether oxygens (including phenoxy) is 2. The Morgan fingerprint density at radius 3 is 2.92 bits per heavy atom. The topological polar surface area (TPSA) is 51.7 Å². The fourth-order valence-corrected chi connectivity index (χ4v) is 3.74. The molecule has 1 aliphatic carbocycles. The van der Waals surface area contributed by atoms with E-state index >= 15 is 0 Å². The molecule has 1 heterocycles. The molecule has 0 bridgehead atoms. The van der Waals surface area contributed by atoms with Crippen LogP contribution in [-0.4, -0.2) is 31.7 Å². The molecule has 0 radical (unpaired) electrons. The lowest BCUT2D eigenvalue weighted by atomic mass is 10.0. The lowest BCUT2D eigenvalue weighted by Crippen LogP contribution is -2.31. The first-order valence-electron chi connectivity index (χ1n) is 7.80. The van der Waals surface area contributed by atoms with E-state index in [1.54, 1.807) is 24.5 Å². The standard InChI is InChI=1S/C17H19FN2O3S/c1-20(17-19-12-7-3-4-9-14(12)24-17)15(21)10-23-16-11(18)6-5-8-13(16)22-2/h5-6,8H,3-4,7,9-10H2,1-2H3. The average molecular weight is 350 g/mol. The number of hydrogen-bond donors (Lipinski definition) is 0. The number of nitrogens with zero attached hydrogens (tertiary/aromatic N) is 2. The molecule has 24 heavy (non-hydrogen) atoms. The van der Waals surface area contributed by atoms with Gasteiger partial charge in [-0.3, -0.25) is 9.69 Å². The summed E-state index contributed by atoms with van der Waals surface area (Å²) in [5.41, 5.74) is 1.09. The van der Waals surface area contributed by atoms with Gasteiger partial charge in [-0.05, 0) is 37.8 Å². The van der Waals surface area contributed by atoms with Gasteiger partial charge in [-0.1, -0.05) is 6.07 Å². The van der Waals surface area contributed by atoms with Crippen LogP contribution in [0.5, 0.6) is 11.5 Å². The predicted molar refractivity (Wildman–Crippen MR) is 90.6 cm³/mol. The molecule has 0 atom stereocenters. The SMILES string of the molecule is COc1cccc(F)c1OCC(=O)N(C)c1nc2c(s1)CCCC2. The van der Waals surface area contributed by atoms with Crippen LogP contribution < -0.4 is 14.4 Å². The Hall–Kier alpha value is -2.15. The first-order chi connectivity index (χ1) is 11.6. The molecule has 1 amide bonds. The van der Waals surface area contributed by atoms with Crippen molar-refractivity contribution in [3.05, 3.63) is 34.6 Å². The maximum atomic E-state index is 13.8. The molecule has 0 unspecified atom stereocenters. The minimum atomic E-state index is -0.561. The van der Waals surface area contributed by atoms with Gasteiger partial charge in [0.1, 0.15) is 0 Å². The number of likely N-dealkylation sites (N-methyl/N-ethyl adjacent to an activating group) is 1. The Balaban J connectivity index is 1.68. The highest BCUT2D eigenvalue weighted by molar-refractivity contribution is 7.15. The van der Waals surface area contributed by atoms with Crippen LogP contribution >= 0.6 is 11.3 Å². The van der Waals surface area contributed by atoms with Crippen LogP contribution in [0.3, 0.4) is 0 Å². The number of amides is 1. The third-order valence-corrected chi connectivity index (χ3v) is 5.22.